The van der Waals surface area contributed by atoms with E-state index in [2.05, 4.69) is 0 Å². The molecule has 1 aliphatic rings. The van der Waals surface area contributed by atoms with Gasteiger partial charge in [0, 0.05) is 29.4 Å². The second-order valence-electron chi connectivity index (χ2n) is 7.76. The zero-order valence-corrected chi connectivity index (χ0v) is 18.5. The van der Waals surface area contributed by atoms with Crippen LogP contribution in [0.5, 0.6) is 0 Å². The number of benzene rings is 3. The molecule has 0 saturated carbocycles. The third-order valence-electron chi connectivity index (χ3n) is 5.65. The fraction of sp³-hybridized carbons (Fsp3) is 0.192. The Morgan fingerprint density at radius 1 is 0.844 bits per heavy atom. The maximum atomic E-state index is 13.3. The Bertz CT molecular complexity index is 1140. The van der Waals surface area contributed by atoms with Crippen molar-refractivity contribution in [2.45, 2.75) is 19.8 Å². The van der Waals surface area contributed by atoms with E-state index in [0.717, 1.165) is 11.3 Å². The van der Waals surface area contributed by atoms with E-state index in [1.165, 1.54) is 4.90 Å². The second-order valence-corrected chi connectivity index (χ2v) is 8.20. The van der Waals surface area contributed by atoms with Gasteiger partial charge in [0.2, 0.25) is 0 Å². The van der Waals surface area contributed by atoms with Crippen LogP contribution in [0.4, 0.5) is 5.69 Å². The smallest absolute Gasteiger partial charge is 0.261 e. The molecule has 0 bridgehead atoms. The quantitative estimate of drug-likeness (QED) is 0.362. The number of carbonyl (C=O) groups excluding carboxylic acids is 3. The Hall–Kier alpha value is -3.44. The molecule has 0 radical (unpaired) electrons. The zero-order chi connectivity index (χ0) is 22.7. The minimum atomic E-state index is -0.254. The zero-order valence-electron chi connectivity index (χ0n) is 17.8. The molecule has 0 spiro atoms. The van der Waals surface area contributed by atoms with Crippen molar-refractivity contribution < 1.29 is 14.4 Å². The van der Waals surface area contributed by atoms with Gasteiger partial charge >= 0.3 is 0 Å². The highest BCUT2D eigenvalue weighted by molar-refractivity contribution is 6.30. The molecule has 0 aromatic heterocycles. The van der Waals surface area contributed by atoms with Gasteiger partial charge in [0.15, 0.2) is 0 Å². The van der Waals surface area contributed by atoms with E-state index in [1.54, 1.807) is 41.3 Å². The molecular weight excluding hydrogens is 424 g/mol. The third-order valence-corrected chi connectivity index (χ3v) is 5.90. The topological polar surface area (TPSA) is 57.7 Å². The number of hydrogen-bond donors (Lipinski definition) is 0. The van der Waals surface area contributed by atoms with Gasteiger partial charge in [-0.2, -0.15) is 0 Å². The molecule has 32 heavy (non-hydrogen) atoms. The standard InChI is InChI=1S/C26H23ClN2O3/c1-18-8-2-3-9-21(18)24(30)28(20-14-12-19(27)13-15-20)16-6-7-17-29-25(31)22-10-4-5-11-23(22)26(29)32/h2-5,8-15H,6-7,16-17H2,1H3. The summed E-state index contributed by atoms with van der Waals surface area (Å²) in [5.41, 5.74) is 3.21. The molecule has 0 aliphatic carbocycles. The van der Waals surface area contributed by atoms with Gasteiger partial charge in [-0.3, -0.25) is 19.3 Å². The molecule has 1 aliphatic heterocycles. The maximum absolute atomic E-state index is 13.3. The first-order valence-corrected chi connectivity index (χ1v) is 10.9. The molecule has 0 N–H and O–H groups in total. The maximum Gasteiger partial charge on any atom is 0.261 e. The van der Waals surface area contributed by atoms with Gasteiger partial charge in [-0.15, -0.1) is 0 Å². The van der Waals surface area contributed by atoms with E-state index < -0.39 is 0 Å². The number of imide groups is 1. The van der Waals surface area contributed by atoms with Crippen LogP contribution in [-0.4, -0.2) is 35.7 Å². The third kappa shape index (κ3) is 4.30. The molecule has 5 nitrogen and oxygen atoms in total. The molecule has 3 amide bonds. The Morgan fingerprint density at radius 3 is 2.06 bits per heavy atom. The molecule has 0 saturated heterocycles. The Morgan fingerprint density at radius 2 is 1.44 bits per heavy atom. The van der Waals surface area contributed by atoms with Crippen LogP contribution in [-0.2, 0) is 0 Å². The Kier molecular flexibility index (Phi) is 6.37. The number of hydrogen-bond acceptors (Lipinski definition) is 3. The van der Waals surface area contributed by atoms with Crippen LogP contribution in [0.1, 0.15) is 49.5 Å². The monoisotopic (exact) mass is 446 g/mol. The van der Waals surface area contributed by atoms with Gasteiger partial charge in [-0.1, -0.05) is 41.9 Å². The number of nitrogens with zero attached hydrogens (tertiary/aromatic N) is 2. The molecular formula is C26H23ClN2O3. The van der Waals surface area contributed by atoms with Crippen molar-refractivity contribution in [3.05, 3.63) is 100 Å². The van der Waals surface area contributed by atoms with Gasteiger partial charge < -0.3 is 4.90 Å². The first-order valence-electron chi connectivity index (χ1n) is 10.6. The lowest BCUT2D eigenvalue weighted by Crippen LogP contribution is -2.34. The number of anilines is 1. The van der Waals surface area contributed by atoms with Gasteiger partial charge in [0.05, 0.1) is 11.1 Å². The van der Waals surface area contributed by atoms with Crippen LogP contribution in [0.25, 0.3) is 0 Å². The van der Waals surface area contributed by atoms with Gasteiger partial charge in [-0.25, -0.2) is 0 Å². The lowest BCUT2D eigenvalue weighted by Gasteiger charge is -2.24. The van der Waals surface area contributed by atoms with Crippen LogP contribution < -0.4 is 4.90 Å². The number of unbranched alkanes of at least 4 members (excludes halogenated alkanes) is 1. The first kappa shape index (κ1) is 21.8. The van der Waals surface area contributed by atoms with E-state index in [-0.39, 0.29) is 17.7 Å². The van der Waals surface area contributed by atoms with Crippen molar-refractivity contribution in [3.8, 4) is 0 Å². The summed E-state index contributed by atoms with van der Waals surface area (Å²) in [5, 5.41) is 0.600. The molecule has 162 valence electrons. The van der Waals surface area contributed by atoms with Gasteiger partial charge in [-0.05, 0) is 67.8 Å². The molecule has 0 unspecified atom stereocenters. The van der Waals surface area contributed by atoms with Gasteiger partial charge in [0.25, 0.3) is 17.7 Å². The van der Waals surface area contributed by atoms with E-state index in [4.69, 9.17) is 11.6 Å². The summed E-state index contributed by atoms with van der Waals surface area (Å²) in [6.07, 6.45) is 1.23. The van der Waals surface area contributed by atoms with Crippen LogP contribution >= 0.6 is 11.6 Å². The van der Waals surface area contributed by atoms with Crippen molar-refractivity contribution in [1.82, 2.24) is 4.90 Å². The van der Waals surface area contributed by atoms with Crippen molar-refractivity contribution >= 4 is 35.0 Å². The minimum absolute atomic E-state index is 0.0915. The number of amides is 3. The normalized spacial score (nSPS) is 12.8. The summed E-state index contributed by atoms with van der Waals surface area (Å²) < 4.78 is 0. The minimum Gasteiger partial charge on any atom is -0.308 e. The number of rotatable bonds is 7. The molecule has 0 atom stereocenters. The number of fused-ring (bicyclic) bond motifs is 1. The Labute approximate surface area is 192 Å². The van der Waals surface area contributed by atoms with Crippen LogP contribution in [0.3, 0.4) is 0 Å². The fourth-order valence-electron chi connectivity index (χ4n) is 3.91. The van der Waals surface area contributed by atoms with Crippen molar-refractivity contribution in [1.29, 1.82) is 0 Å². The van der Waals surface area contributed by atoms with E-state index in [0.29, 0.717) is 47.6 Å². The van der Waals surface area contributed by atoms with Crippen LogP contribution in [0.15, 0.2) is 72.8 Å². The van der Waals surface area contributed by atoms with E-state index in [1.807, 2.05) is 43.3 Å². The molecule has 0 fully saturated rings. The molecule has 6 heteroatoms. The number of carbonyl (C=O) groups is 3. The summed E-state index contributed by atoms with van der Waals surface area (Å²) in [6.45, 7) is 2.69. The fourth-order valence-corrected chi connectivity index (χ4v) is 4.04. The predicted molar refractivity (Wildman–Crippen MR) is 125 cm³/mol. The molecule has 1 heterocycles. The average Bonchev–Trinajstić information content (AvgIpc) is 3.05. The van der Waals surface area contributed by atoms with Crippen molar-refractivity contribution in [3.63, 3.8) is 0 Å². The highest BCUT2D eigenvalue weighted by Gasteiger charge is 2.34. The summed E-state index contributed by atoms with van der Waals surface area (Å²) in [4.78, 5) is 41.4. The van der Waals surface area contributed by atoms with Crippen LogP contribution in [0.2, 0.25) is 5.02 Å². The van der Waals surface area contributed by atoms with Crippen molar-refractivity contribution in [2.75, 3.05) is 18.0 Å². The average molecular weight is 447 g/mol. The largest absolute Gasteiger partial charge is 0.308 e. The number of aryl methyl sites for hydroxylation is 1. The summed E-state index contributed by atoms with van der Waals surface area (Å²) in [5.74, 6) is -0.599. The summed E-state index contributed by atoms with van der Waals surface area (Å²) in [7, 11) is 0. The molecule has 4 rings (SSSR count). The molecule has 3 aromatic carbocycles. The SMILES string of the molecule is Cc1ccccc1C(=O)N(CCCCN1C(=O)c2ccccc2C1=O)c1ccc(Cl)cc1. The van der Waals surface area contributed by atoms with E-state index in [9.17, 15) is 14.4 Å². The molecule has 3 aromatic rings. The van der Waals surface area contributed by atoms with E-state index >= 15 is 0 Å². The first-order chi connectivity index (χ1) is 15.5. The highest BCUT2D eigenvalue weighted by atomic mass is 35.5. The second kappa shape index (κ2) is 9.37. The van der Waals surface area contributed by atoms with Crippen LogP contribution in [0, 0.1) is 6.92 Å². The highest BCUT2D eigenvalue weighted by Crippen LogP contribution is 2.24. The lowest BCUT2D eigenvalue weighted by molar-refractivity contribution is 0.0651. The summed E-state index contributed by atoms with van der Waals surface area (Å²) in [6, 6.07) is 21.5. The lowest BCUT2D eigenvalue weighted by atomic mass is 10.1. The predicted octanol–water partition coefficient (Wildman–Crippen LogP) is 5.37. The summed E-state index contributed by atoms with van der Waals surface area (Å²) >= 11 is 6.03. The number of halogens is 1. The van der Waals surface area contributed by atoms with Crippen molar-refractivity contribution in [2.24, 2.45) is 0 Å². The Balaban J connectivity index is 1.45. The van der Waals surface area contributed by atoms with Gasteiger partial charge in [0.1, 0.15) is 0 Å².